The van der Waals surface area contributed by atoms with E-state index >= 15 is 0 Å². The van der Waals surface area contributed by atoms with Gasteiger partial charge < -0.3 is 9.80 Å². The summed E-state index contributed by atoms with van der Waals surface area (Å²) < 4.78 is 0. The van der Waals surface area contributed by atoms with Crippen LogP contribution in [0.4, 0.5) is 34.1 Å². The van der Waals surface area contributed by atoms with Crippen LogP contribution in [0.15, 0.2) is 158 Å². The lowest BCUT2D eigenvalue weighted by molar-refractivity contribution is 0.667. The van der Waals surface area contributed by atoms with Gasteiger partial charge in [-0.25, -0.2) is 0 Å². The first kappa shape index (κ1) is 34.8. The molecule has 254 valence electrons. The van der Waals surface area contributed by atoms with Gasteiger partial charge in [0.15, 0.2) is 0 Å². The first-order chi connectivity index (χ1) is 24.7. The molecule has 6 aromatic carbocycles. The van der Waals surface area contributed by atoms with E-state index in [0.29, 0.717) is 0 Å². The van der Waals surface area contributed by atoms with Crippen molar-refractivity contribution in [2.75, 3.05) is 9.80 Å². The number of benzene rings is 6. The van der Waals surface area contributed by atoms with Crippen LogP contribution < -0.4 is 9.80 Å². The van der Waals surface area contributed by atoms with Crippen molar-refractivity contribution < 1.29 is 0 Å². The van der Waals surface area contributed by atoms with Crippen LogP contribution in [0.5, 0.6) is 0 Å². The molecule has 0 saturated heterocycles. The Hall–Kier alpha value is -5.08. The Morgan fingerprint density at radius 2 is 0.600 bits per heavy atom. The molecule has 50 heavy (non-hydrogen) atoms. The molecule has 2 heteroatoms. The molecule has 0 saturated carbocycles. The second kappa shape index (κ2) is 18.1. The highest BCUT2D eigenvalue weighted by atomic mass is 15.1. The Bertz CT molecular complexity index is 1690. The molecule has 0 N–H and O–H groups in total. The summed E-state index contributed by atoms with van der Waals surface area (Å²) in [6, 6.07) is 57.6. The highest BCUT2D eigenvalue weighted by Gasteiger charge is 2.15. The zero-order valence-corrected chi connectivity index (χ0v) is 30.0. The van der Waals surface area contributed by atoms with Gasteiger partial charge in [0.2, 0.25) is 0 Å². The summed E-state index contributed by atoms with van der Waals surface area (Å²) in [4.78, 5) is 4.70. The standard InChI is InChI=1S/C48H52N2/c1-3-5-7-11-17-39-23-31-45(32-24-39)49(43-19-13-9-14-20-43)47-35-27-41(28-36-47)42-29-37-48(38-30-42)50(44-21-15-10-16-22-44)46-33-25-40(26-34-46)18-12-8-6-4-2/h9-10,13-16,19-38H,3-8,11-12,17-18H2,1-2H3. The van der Waals surface area contributed by atoms with Crippen LogP contribution in [0, 0.1) is 0 Å². The quantitative estimate of drug-likeness (QED) is 0.0902. The number of hydrogen-bond acceptors (Lipinski definition) is 2. The van der Waals surface area contributed by atoms with E-state index in [1.807, 2.05) is 0 Å². The van der Waals surface area contributed by atoms with Crippen LogP contribution in [0.25, 0.3) is 11.1 Å². The number of anilines is 6. The van der Waals surface area contributed by atoms with Gasteiger partial charge in [-0.2, -0.15) is 0 Å². The number of para-hydroxylation sites is 2. The SMILES string of the molecule is CCCCCCc1ccc(N(c2ccccc2)c2ccc(-c3ccc(N(c4ccccc4)c4ccc(CCCCCC)cc4)cc3)cc2)cc1. The summed E-state index contributed by atoms with van der Waals surface area (Å²) in [5.74, 6) is 0. The van der Waals surface area contributed by atoms with Crippen molar-refractivity contribution >= 4 is 34.1 Å². The fraction of sp³-hybridized carbons (Fsp3) is 0.250. The number of hydrogen-bond donors (Lipinski definition) is 0. The van der Waals surface area contributed by atoms with Crippen molar-refractivity contribution in [3.05, 3.63) is 169 Å². The molecule has 2 nitrogen and oxygen atoms in total. The smallest absolute Gasteiger partial charge is 0.0462 e. The Morgan fingerprint density at radius 3 is 0.920 bits per heavy atom. The molecule has 0 bridgehead atoms. The van der Waals surface area contributed by atoms with Crippen molar-refractivity contribution in [2.45, 2.75) is 78.1 Å². The number of aryl methyl sites for hydroxylation is 2. The molecule has 0 spiro atoms. The summed E-state index contributed by atoms with van der Waals surface area (Å²) >= 11 is 0. The Kier molecular flexibility index (Phi) is 12.6. The third-order valence-corrected chi connectivity index (χ3v) is 9.64. The van der Waals surface area contributed by atoms with Crippen LogP contribution in [-0.4, -0.2) is 0 Å². The molecule has 0 heterocycles. The van der Waals surface area contributed by atoms with Crippen molar-refractivity contribution in [3.63, 3.8) is 0 Å². The molecule has 0 aliphatic heterocycles. The zero-order chi connectivity index (χ0) is 34.4. The average Bonchev–Trinajstić information content (AvgIpc) is 3.18. The van der Waals surface area contributed by atoms with Gasteiger partial charge in [-0.15, -0.1) is 0 Å². The normalized spacial score (nSPS) is 11.0. The number of rotatable bonds is 17. The highest BCUT2D eigenvalue weighted by molar-refractivity contribution is 5.80. The van der Waals surface area contributed by atoms with Gasteiger partial charge in [-0.1, -0.05) is 137 Å². The Balaban J connectivity index is 1.21. The second-order valence-electron chi connectivity index (χ2n) is 13.4. The third kappa shape index (κ3) is 9.12. The summed E-state index contributed by atoms with van der Waals surface area (Å²) in [7, 11) is 0. The number of unbranched alkanes of at least 4 members (excludes halogenated alkanes) is 6. The first-order valence-electron chi connectivity index (χ1n) is 18.8. The molecule has 6 aromatic rings. The van der Waals surface area contributed by atoms with Gasteiger partial charge in [0.1, 0.15) is 0 Å². The predicted octanol–water partition coefficient (Wildman–Crippen LogP) is 14.5. The van der Waals surface area contributed by atoms with Crippen LogP contribution in [0.1, 0.15) is 76.3 Å². The van der Waals surface area contributed by atoms with Crippen LogP contribution in [0.2, 0.25) is 0 Å². The summed E-state index contributed by atoms with van der Waals surface area (Å²) in [6.07, 6.45) is 12.6. The molecular weight excluding hydrogens is 605 g/mol. The molecular formula is C48H52N2. The molecule has 0 atom stereocenters. The van der Waals surface area contributed by atoms with Crippen LogP contribution in [-0.2, 0) is 12.8 Å². The molecule has 0 fully saturated rings. The van der Waals surface area contributed by atoms with E-state index in [2.05, 4.69) is 181 Å². The van der Waals surface area contributed by atoms with E-state index in [0.717, 1.165) is 35.6 Å². The maximum atomic E-state index is 2.35. The fourth-order valence-corrected chi connectivity index (χ4v) is 6.79. The van der Waals surface area contributed by atoms with Crippen LogP contribution in [0.3, 0.4) is 0 Å². The minimum absolute atomic E-state index is 1.15. The van der Waals surface area contributed by atoms with Crippen molar-refractivity contribution in [2.24, 2.45) is 0 Å². The largest absolute Gasteiger partial charge is 0.311 e. The zero-order valence-electron chi connectivity index (χ0n) is 30.0. The minimum atomic E-state index is 1.15. The van der Waals surface area contributed by atoms with Gasteiger partial charge in [-0.05, 0) is 121 Å². The number of nitrogens with zero attached hydrogens (tertiary/aromatic N) is 2. The predicted molar refractivity (Wildman–Crippen MR) is 217 cm³/mol. The maximum absolute atomic E-state index is 2.35. The van der Waals surface area contributed by atoms with E-state index in [1.165, 1.54) is 85.0 Å². The van der Waals surface area contributed by atoms with Crippen molar-refractivity contribution in [1.29, 1.82) is 0 Å². The van der Waals surface area contributed by atoms with Crippen LogP contribution >= 0.6 is 0 Å². The highest BCUT2D eigenvalue weighted by Crippen LogP contribution is 2.38. The van der Waals surface area contributed by atoms with Crippen molar-refractivity contribution in [3.8, 4) is 11.1 Å². The van der Waals surface area contributed by atoms with Crippen molar-refractivity contribution in [1.82, 2.24) is 0 Å². The Morgan fingerprint density at radius 1 is 0.300 bits per heavy atom. The maximum Gasteiger partial charge on any atom is 0.0462 e. The first-order valence-corrected chi connectivity index (χ1v) is 18.8. The average molecular weight is 657 g/mol. The van der Waals surface area contributed by atoms with E-state index < -0.39 is 0 Å². The molecule has 0 unspecified atom stereocenters. The van der Waals surface area contributed by atoms with E-state index in [1.54, 1.807) is 0 Å². The molecule has 0 amide bonds. The summed E-state index contributed by atoms with van der Waals surface area (Å²) in [6.45, 7) is 4.54. The van der Waals surface area contributed by atoms with Gasteiger partial charge in [0, 0.05) is 34.1 Å². The second-order valence-corrected chi connectivity index (χ2v) is 13.4. The van der Waals surface area contributed by atoms with E-state index in [-0.39, 0.29) is 0 Å². The van der Waals surface area contributed by atoms with Gasteiger partial charge in [-0.3, -0.25) is 0 Å². The summed E-state index contributed by atoms with van der Waals surface area (Å²) in [5, 5.41) is 0. The monoisotopic (exact) mass is 656 g/mol. The molecule has 0 aliphatic carbocycles. The third-order valence-electron chi connectivity index (χ3n) is 9.64. The van der Waals surface area contributed by atoms with E-state index in [4.69, 9.17) is 0 Å². The molecule has 6 rings (SSSR count). The molecule has 0 radical (unpaired) electrons. The molecule has 0 aliphatic rings. The molecule has 0 aromatic heterocycles. The minimum Gasteiger partial charge on any atom is -0.311 e. The lowest BCUT2D eigenvalue weighted by Crippen LogP contribution is -2.10. The lowest BCUT2D eigenvalue weighted by atomic mass is 10.0. The summed E-state index contributed by atoms with van der Waals surface area (Å²) in [5.41, 5.74) is 12.2. The topological polar surface area (TPSA) is 6.48 Å². The van der Waals surface area contributed by atoms with Gasteiger partial charge in [0.05, 0.1) is 0 Å². The van der Waals surface area contributed by atoms with Gasteiger partial charge >= 0.3 is 0 Å². The van der Waals surface area contributed by atoms with E-state index in [9.17, 15) is 0 Å². The fourth-order valence-electron chi connectivity index (χ4n) is 6.79. The lowest BCUT2D eigenvalue weighted by Gasteiger charge is -2.26. The van der Waals surface area contributed by atoms with Gasteiger partial charge in [0.25, 0.3) is 0 Å². The Labute approximate surface area is 301 Å².